The van der Waals surface area contributed by atoms with E-state index in [9.17, 15) is 14.9 Å². The quantitative estimate of drug-likeness (QED) is 0.419. The molecule has 0 atom stereocenters. The molecule has 2 heterocycles. The van der Waals surface area contributed by atoms with Gasteiger partial charge in [0.15, 0.2) is 0 Å². The van der Waals surface area contributed by atoms with Crippen LogP contribution in [-0.2, 0) is 15.9 Å². The van der Waals surface area contributed by atoms with Crippen LogP contribution in [0.4, 0.5) is 5.69 Å². The van der Waals surface area contributed by atoms with Gasteiger partial charge in [-0.15, -0.1) is 0 Å². The maximum Gasteiger partial charge on any atom is 0.495 e. The lowest BCUT2D eigenvalue weighted by molar-refractivity contribution is -0.386. The molecule has 1 aliphatic rings. The minimum Gasteiger partial charge on any atom is -0.399 e. The van der Waals surface area contributed by atoms with Crippen LogP contribution in [0.25, 0.3) is 0 Å². The van der Waals surface area contributed by atoms with Crippen LogP contribution in [0.1, 0.15) is 33.3 Å². The van der Waals surface area contributed by atoms with Crippen LogP contribution in [0.15, 0.2) is 45.8 Å². The lowest BCUT2D eigenvalue weighted by Crippen LogP contribution is -2.41. The molecule has 1 aromatic carbocycles. The summed E-state index contributed by atoms with van der Waals surface area (Å²) >= 11 is 3.23. The summed E-state index contributed by atoms with van der Waals surface area (Å²) in [7, 11) is -0.580. The Bertz CT molecular complexity index is 941. The predicted octanol–water partition coefficient (Wildman–Crippen LogP) is 2.87. The Labute approximate surface area is 165 Å². The molecule has 0 aliphatic carbocycles. The van der Waals surface area contributed by atoms with E-state index in [-0.39, 0.29) is 6.54 Å². The van der Waals surface area contributed by atoms with Crippen LogP contribution < -0.4 is 11.0 Å². The van der Waals surface area contributed by atoms with Crippen molar-refractivity contribution in [2.75, 3.05) is 0 Å². The van der Waals surface area contributed by atoms with E-state index in [1.54, 1.807) is 0 Å². The van der Waals surface area contributed by atoms with Crippen molar-refractivity contribution in [2.45, 2.75) is 45.4 Å². The van der Waals surface area contributed by atoms with E-state index in [1.807, 2.05) is 52.0 Å². The lowest BCUT2D eigenvalue weighted by atomic mass is 9.76. The van der Waals surface area contributed by atoms with E-state index >= 15 is 0 Å². The van der Waals surface area contributed by atoms with Crippen molar-refractivity contribution < 1.29 is 14.2 Å². The lowest BCUT2D eigenvalue weighted by Gasteiger charge is -2.32. The van der Waals surface area contributed by atoms with E-state index in [1.165, 1.54) is 16.8 Å². The van der Waals surface area contributed by atoms with Gasteiger partial charge in [-0.25, -0.2) is 0 Å². The number of pyridine rings is 1. The molecular formula is C18H20BBrN2O5. The molecule has 1 aromatic heterocycles. The van der Waals surface area contributed by atoms with E-state index < -0.39 is 34.5 Å². The van der Waals surface area contributed by atoms with Gasteiger partial charge in [0.1, 0.15) is 0 Å². The van der Waals surface area contributed by atoms with Gasteiger partial charge in [-0.3, -0.25) is 14.9 Å². The molecular weight excluding hydrogens is 415 g/mol. The first-order valence-electron chi connectivity index (χ1n) is 8.50. The summed E-state index contributed by atoms with van der Waals surface area (Å²) in [5.74, 6) is 0. The summed E-state index contributed by atoms with van der Waals surface area (Å²) in [5.41, 5.74) is -0.521. The van der Waals surface area contributed by atoms with E-state index in [0.717, 1.165) is 11.0 Å². The SMILES string of the molecule is CC1(C)OB(c2ccccc2Cn2cc(Br)cc([N+](=O)[O-])c2=O)OC1(C)C. The summed E-state index contributed by atoms with van der Waals surface area (Å²) in [5, 5.41) is 11.1. The number of benzene rings is 1. The third-order valence-electron chi connectivity index (χ3n) is 5.13. The van der Waals surface area contributed by atoms with Crippen LogP contribution in [0, 0.1) is 10.1 Å². The minimum atomic E-state index is -0.677. The molecule has 142 valence electrons. The highest BCUT2D eigenvalue weighted by atomic mass is 79.9. The fraction of sp³-hybridized carbons (Fsp3) is 0.389. The first kappa shape index (κ1) is 19.8. The van der Waals surface area contributed by atoms with Crippen molar-refractivity contribution in [3.8, 4) is 0 Å². The molecule has 1 fully saturated rings. The van der Waals surface area contributed by atoms with Gasteiger partial charge in [-0.1, -0.05) is 24.3 Å². The standard InChI is InChI=1S/C18H20BBrN2O5/c1-17(2)18(3,4)27-19(26-17)14-8-6-5-7-12(14)10-21-11-13(20)9-15(16(21)23)22(24)25/h5-9,11H,10H2,1-4H3. The van der Waals surface area contributed by atoms with Gasteiger partial charge in [-0.05, 0) is 54.7 Å². The van der Waals surface area contributed by atoms with Crippen LogP contribution in [0.3, 0.4) is 0 Å². The molecule has 0 N–H and O–H groups in total. The number of hydrogen-bond donors (Lipinski definition) is 0. The van der Waals surface area contributed by atoms with Gasteiger partial charge < -0.3 is 13.9 Å². The normalized spacial score (nSPS) is 17.9. The molecule has 0 radical (unpaired) electrons. The number of aromatic nitrogens is 1. The zero-order valence-electron chi connectivity index (χ0n) is 15.6. The van der Waals surface area contributed by atoms with Gasteiger partial charge in [0.05, 0.1) is 22.7 Å². The van der Waals surface area contributed by atoms with Crippen molar-refractivity contribution >= 4 is 34.2 Å². The topological polar surface area (TPSA) is 83.6 Å². The molecule has 9 heteroatoms. The second-order valence-corrected chi connectivity index (χ2v) is 8.44. The average Bonchev–Trinajstić information content (AvgIpc) is 2.78. The molecule has 0 unspecified atom stereocenters. The maximum atomic E-state index is 12.4. The average molecular weight is 435 g/mol. The number of hydrogen-bond acceptors (Lipinski definition) is 5. The van der Waals surface area contributed by atoms with Crippen molar-refractivity contribution in [1.82, 2.24) is 4.57 Å². The molecule has 1 aliphatic heterocycles. The van der Waals surface area contributed by atoms with Crippen molar-refractivity contribution in [2.24, 2.45) is 0 Å². The largest absolute Gasteiger partial charge is 0.495 e. The van der Waals surface area contributed by atoms with Gasteiger partial charge in [0.25, 0.3) is 0 Å². The highest BCUT2D eigenvalue weighted by Gasteiger charge is 2.52. The fourth-order valence-electron chi connectivity index (χ4n) is 2.89. The third-order valence-corrected chi connectivity index (χ3v) is 5.57. The van der Waals surface area contributed by atoms with E-state index in [4.69, 9.17) is 9.31 Å². The van der Waals surface area contributed by atoms with Gasteiger partial charge in [-0.2, -0.15) is 0 Å². The monoisotopic (exact) mass is 434 g/mol. The van der Waals surface area contributed by atoms with Gasteiger partial charge >= 0.3 is 18.4 Å². The van der Waals surface area contributed by atoms with Crippen LogP contribution in [0.2, 0.25) is 0 Å². The molecule has 2 aromatic rings. The first-order chi connectivity index (χ1) is 12.5. The first-order valence-corrected chi connectivity index (χ1v) is 9.29. The van der Waals surface area contributed by atoms with Gasteiger partial charge in [0, 0.05) is 16.7 Å². The zero-order chi connectivity index (χ0) is 20.0. The predicted molar refractivity (Wildman–Crippen MR) is 106 cm³/mol. The van der Waals surface area contributed by atoms with Crippen LogP contribution >= 0.6 is 15.9 Å². The Hall–Kier alpha value is -1.97. The molecule has 0 bridgehead atoms. The maximum absolute atomic E-state index is 12.4. The highest BCUT2D eigenvalue weighted by molar-refractivity contribution is 9.10. The number of nitro groups is 1. The molecule has 1 saturated heterocycles. The Morgan fingerprint density at radius 1 is 1.19 bits per heavy atom. The summed E-state index contributed by atoms with van der Waals surface area (Å²) < 4.78 is 14.0. The summed E-state index contributed by atoms with van der Waals surface area (Å²) in [6, 6.07) is 8.67. The second-order valence-electron chi connectivity index (χ2n) is 7.52. The van der Waals surface area contributed by atoms with Crippen LogP contribution in [0.5, 0.6) is 0 Å². The molecule has 0 spiro atoms. The van der Waals surface area contributed by atoms with Gasteiger partial charge in [0.2, 0.25) is 0 Å². The van der Waals surface area contributed by atoms with Crippen molar-refractivity contribution in [3.05, 3.63) is 67.0 Å². The molecule has 0 saturated carbocycles. The summed E-state index contributed by atoms with van der Waals surface area (Å²) in [6.45, 7) is 8.05. The smallest absolute Gasteiger partial charge is 0.399 e. The Morgan fingerprint density at radius 2 is 1.78 bits per heavy atom. The Morgan fingerprint density at radius 3 is 2.37 bits per heavy atom. The summed E-state index contributed by atoms with van der Waals surface area (Å²) in [6.07, 6.45) is 1.54. The zero-order valence-corrected chi connectivity index (χ0v) is 17.1. The highest BCUT2D eigenvalue weighted by Crippen LogP contribution is 2.36. The minimum absolute atomic E-state index is 0.166. The van der Waals surface area contributed by atoms with E-state index in [0.29, 0.717) is 4.47 Å². The van der Waals surface area contributed by atoms with Crippen molar-refractivity contribution in [3.63, 3.8) is 0 Å². The molecule has 7 nitrogen and oxygen atoms in total. The summed E-state index contributed by atoms with van der Waals surface area (Å²) in [4.78, 5) is 22.9. The Balaban J connectivity index is 2.00. The van der Waals surface area contributed by atoms with E-state index in [2.05, 4.69) is 15.9 Å². The molecule has 27 heavy (non-hydrogen) atoms. The molecule has 3 rings (SSSR count). The fourth-order valence-corrected chi connectivity index (χ4v) is 3.36. The second kappa shape index (κ2) is 6.89. The number of nitrogens with zero attached hydrogens (tertiary/aromatic N) is 2. The number of rotatable bonds is 4. The van der Waals surface area contributed by atoms with Crippen LogP contribution in [-0.4, -0.2) is 27.8 Å². The molecule has 0 amide bonds. The Kier molecular flexibility index (Phi) is 5.05. The third kappa shape index (κ3) is 3.72. The van der Waals surface area contributed by atoms with Crippen molar-refractivity contribution in [1.29, 1.82) is 0 Å². The number of halogens is 1.